The van der Waals surface area contributed by atoms with Gasteiger partial charge in [-0.2, -0.15) is 0 Å². The van der Waals surface area contributed by atoms with Crippen LogP contribution in [-0.2, 0) is 4.79 Å². The van der Waals surface area contributed by atoms with Crippen LogP contribution in [0.15, 0.2) is 23.4 Å². The number of carboxylic acid groups (broad SMARTS) is 1. The lowest BCUT2D eigenvalue weighted by Crippen LogP contribution is -2.14. The maximum absolute atomic E-state index is 10.6. The van der Waals surface area contributed by atoms with Gasteiger partial charge >= 0.3 is 5.97 Å². The normalized spacial score (nSPS) is 11.1. The van der Waals surface area contributed by atoms with E-state index in [9.17, 15) is 9.90 Å². The maximum atomic E-state index is 10.6. The Balaban J connectivity index is 3.21. The molecule has 0 bridgehead atoms. The van der Waals surface area contributed by atoms with E-state index in [2.05, 4.69) is 5.16 Å². The molecule has 80 valence electrons. The fraction of sp³-hybridized carbons (Fsp3) is 0.111. The van der Waals surface area contributed by atoms with E-state index in [0.717, 1.165) is 0 Å². The number of oxime groups is 1. The lowest BCUT2D eigenvalue weighted by molar-refractivity contribution is -0.129. The average molecular weight is 211 g/mol. The molecule has 15 heavy (non-hydrogen) atoms. The summed E-state index contributed by atoms with van der Waals surface area (Å²) in [6.07, 6.45) is 0. The molecule has 6 nitrogen and oxygen atoms in total. The lowest BCUT2D eigenvalue weighted by atomic mass is 10.1. The maximum Gasteiger partial charge on any atom is 0.358 e. The molecule has 0 saturated heterocycles. The largest absolute Gasteiger partial charge is 0.504 e. The molecule has 0 heterocycles. The van der Waals surface area contributed by atoms with Gasteiger partial charge in [-0.3, -0.25) is 0 Å². The highest BCUT2D eigenvalue weighted by molar-refractivity contribution is 6.42. The fourth-order valence-electron chi connectivity index (χ4n) is 1.05. The van der Waals surface area contributed by atoms with Crippen molar-refractivity contribution in [3.05, 3.63) is 23.8 Å². The Kier molecular flexibility index (Phi) is 3.12. The number of benzene rings is 1. The lowest BCUT2D eigenvalue weighted by Gasteiger charge is -2.05. The minimum Gasteiger partial charge on any atom is -0.504 e. The van der Waals surface area contributed by atoms with E-state index in [1.54, 1.807) is 0 Å². The summed E-state index contributed by atoms with van der Waals surface area (Å²) in [6.45, 7) is 0. The highest BCUT2D eigenvalue weighted by Crippen LogP contribution is 2.26. The molecular formula is C9H9NO5. The zero-order valence-corrected chi connectivity index (χ0v) is 7.84. The zero-order chi connectivity index (χ0) is 11.4. The van der Waals surface area contributed by atoms with E-state index in [1.807, 2.05) is 0 Å². The summed E-state index contributed by atoms with van der Waals surface area (Å²) in [6, 6.07) is 3.82. The number of ether oxygens (including phenoxy) is 1. The van der Waals surface area contributed by atoms with E-state index in [1.165, 1.54) is 25.3 Å². The molecule has 1 rings (SSSR count). The minimum atomic E-state index is -1.37. The molecule has 0 aliphatic rings. The van der Waals surface area contributed by atoms with Gasteiger partial charge < -0.3 is 20.2 Å². The zero-order valence-electron chi connectivity index (χ0n) is 7.84. The van der Waals surface area contributed by atoms with Gasteiger partial charge in [-0.1, -0.05) is 5.16 Å². The first-order valence-corrected chi connectivity index (χ1v) is 3.93. The number of aliphatic carboxylic acids is 1. The van der Waals surface area contributed by atoms with E-state index < -0.39 is 11.7 Å². The van der Waals surface area contributed by atoms with Gasteiger partial charge in [0, 0.05) is 5.56 Å². The number of rotatable bonds is 3. The molecule has 6 heteroatoms. The van der Waals surface area contributed by atoms with Gasteiger partial charge in [0.05, 0.1) is 7.11 Å². The van der Waals surface area contributed by atoms with Gasteiger partial charge in [0.25, 0.3) is 0 Å². The standard InChI is InChI=1S/C9H9NO5/c1-15-7-4-5(2-3-6(7)11)8(10-14)9(12)13/h2-4,11,14H,1H3,(H,12,13). The van der Waals surface area contributed by atoms with Gasteiger partial charge in [-0.25, -0.2) is 4.79 Å². The molecule has 0 saturated carbocycles. The van der Waals surface area contributed by atoms with Gasteiger partial charge in [-0.15, -0.1) is 0 Å². The third kappa shape index (κ3) is 2.16. The molecule has 0 aliphatic carbocycles. The molecule has 1 aromatic carbocycles. The number of aromatic hydroxyl groups is 1. The summed E-state index contributed by atoms with van der Waals surface area (Å²) in [5, 5.41) is 29.0. The number of methoxy groups -OCH3 is 1. The topological polar surface area (TPSA) is 99.4 Å². The quantitative estimate of drug-likeness (QED) is 0.387. The summed E-state index contributed by atoms with van der Waals surface area (Å²) >= 11 is 0. The van der Waals surface area contributed by atoms with E-state index in [-0.39, 0.29) is 17.1 Å². The molecule has 3 N–H and O–H groups in total. The summed E-state index contributed by atoms with van der Waals surface area (Å²) in [4.78, 5) is 10.6. The number of hydrogen-bond acceptors (Lipinski definition) is 5. The molecule has 0 fully saturated rings. The van der Waals surface area contributed by atoms with Crippen LogP contribution in [-0.4, -0.2) is 34.2 Å². The van der Waals surface area contributed by atoms with Crippen LogP contribution < -0.4 is 4.74 Å². The SMILES string of the molecule is COc1cc(C(=NO)C(=O)O)ccc1O. The average Bonchev–Trinajstić information content (AvgIpc) is 2.21. The summed E-state index contributed by atoms with van der Waals surface area (Å²) in [7, 11) is 1.33. The Hall–Kier alpha value is -2.24. The molecule has 1 aromatic rings. The second-order valence-corrected chi connectivity index (χ2v) is 2.64. The van der Waals surface area contributed by atoms with Crippen LogP contribution >= 0.6 is 0 Å². The van der Waals surface area contributed by atoms with Crippen LogP contribution in [0.1, 0.15) is 5.56 Å². The molecule has 0 atom stereocenters. The van der Waals surface area contributed by atoms with Crippen LogP contribution in [0.3, 0.4) is 0 Å². The van der Waals surface area contributed by atoms with Gasteiger partial charge in [0.1, 0.15) is 0 Å². The molecule has 0 amide bonds. The monoisotopic (exact) mass is 211 g/mol. The highest BCUT2D eigenvalue weighted by atomic mass is 16.5. The van der Waals surface area contributed by atoms with Crippen molar-refractivity contribution in [1.82, 2.24) is 0 Å². The first-order chi connectivity index (χ1) is 7.10. The molecule has 0 unspecified atom stereocenters. The van der Waals surface area contributed by atoms with Crippen LogP contribution in [0.4, 0.5) is 0 Å². The third-order valence-electron chi connectivity index (χ3n) is 1.76. The van der Waals surface area contributed by atoms with Crippen molar-refractivity contribution < 1.29 is 25.0 Å². The van der Waals surface area contributed by atoms with Crippen molar-refractivity contribution in [2.75, 3.05) is 7.11 Å². The van der Waals surface area contributed by atoms with Crippen molar-refractivity contribution in [1.29, 1.82) is 0 Å². The number of nitrogens with zero attached hydrogens (tertiary/aromatic N) is 1. The third-order valence-corrected chi connectivity index (χ3v) is 1.76. The number of hydrogen-bond donors (Lipinski definition) is 3. The second kappa shape index (κ2) is 4.32. The van der Waals surface area contributed by atoms with Crippen molar-refractivity contribution in [3.63, 3.8) is 0 Å². The highest BCUT2D eigenvalue weighted by Gasteiger charge is 2.15. The predicted octanol–water partition coefficient (Wildman–Crippen LogP) is 0.664. The van der Waals surface area contributed by atoms with E-state index in [4.69, 9.17) is 15.1 Å². The molecule has 0 radical (unpaired) electrons. The first-order valence-electron chi connectivity index (χ1n) is 3.93. The smallest absolute Gasteiger partial charge is 0.358 e. The second-order valence-electron chi connectivity index (χ2n) is 2.64. The first kappa shape index (κ1) is 10.8. The summed E-state index contributed by atoms with van der Waals surface area (Å²) in [5.41, 5.74) is -0.382. The Morgan fingerprint density at radius 3 is 2.60 bits per heavy atom. The Bertz CT molecular complexity index is 413. The Morgan fingerprint density at radius 1 is 1.47 bits per heavy atom. The number of phenolic OH excluding ortho intramolecular Hbond substituents is 1. The number of carboxylic acids is 1. The Morgan fingerprint density at radius 2 is 2.13 bits per heavy atom. The molecule has 0 spiro atoms. The fourth-order valence-corrected chi connectivity index (χ4v) is 1.05. The van der Waals surface area contributed by atoms with Crippen molar-refractivity contribution in [2.45, 2.75) is 0 Å². The molecular weight excluding hydrogens is 202 g/mol. The molecule has 0 aliphatic heterocycles. The van der Waals surface area contributed by atoms with Crippen molar-refractivity contribution in [3.8, 4) is 11.5 Å². The molecule has 0 aromatic heterocycles. The van der Waals surface area contributed by atoms with Crippen LogP contribution in [0.2, 0.25) is 0 Å². The van der Waals surface area contributed by atoms with Gasteiger partial charge in [0.15, 0.2) is 17.2 Å². The van der Waals surface area contributed by atoms with Crippen LogP contribution in [0.25, 0.3) is 0 Å². The van der Waals surface area contributed by atoms with Gasteiger partial charge in [0.2, 0.25) is 0 Å². The number of carbonyl (C=O) groups is 1. The minimum absolute atomic E-state index is 0.106. The van der Waals surface area contributed by atoms with E-state index >= 15 is 0 Å². The number of phenols is 1. The summed E-state index contributed by atoms with van der Waals surface area (Å²) < 4.78 is 4.78. The summed E-state index contributed by atoms with van der Waals surface area (Å²) in [5.74, 6) is -1.39. The predicted molar refractivity (Wildman–Crippen MR) is 50.6 cm³/mol. The van der Waals surface area contributed by atoms with Crippen molar-refractivity contribution >= 4 is 11.7 Å². The Labute approximate surface area is 85.0 Å². The van der Waals surface area contributed by atoms with E-state index in [0.29, 0.717) is 0 Å². The van der Waals surface area contributed by atoms with Gasteiger partial charge in [-0.05, 0) is 18.2 Å². The van der Waals surface area contributed by atoms with Crippen LogP contribution in [0, 0.1) is 0 Å². The van der Waals surface area contributed by atoms with Crippen LogP contribution in [0.5, 0.6) is 11.5 Å². The van der Waals surface area contributed by atoms with Crippen molar-refractivity contribution in [2.24, 2.45) is 5.16 Å².